The predicted octanol–water partition coefficient (Wildman–Crippen LogP) is 2.94. The highest BCUT2D eigenvalue weighted by Crippen LogP contribution is 2.37. The van der Waals surface area contributed by atoms with Gasteiger partial charge in [0, 0.05) is 52.8 Å². The van der Waals surface area contributed by atoms with E-state index in [1.165, 1.54) is 11.8 Å². The van der Waals surface area contributed by atoms with E-state index < -0.39 is 0 Å². The molecule has 5 rings (SSSR count). The van der Waals surface area contributed by atoms with E-state index in [0.29, 0.717) is 21.2 Å². The van der Waals surface area contributed by atoms with Crippen molar-refractivity contribution in [3.05, 3.63) is 41.3 Å². The molecule has 8 nitrogen and oxygen atoms in total. The first kappa shape index (κ1) is 19.3. The molecule has 0 spiro atoms. The Kier molecular flexibility index (Phi) is 4.88. The quantitative estimate of drug-likeness (QED) is 0.253. The molecule has 4 aromatic heterocycles. The predicted molar refractivity (Wildman–Crippen MR) is 116 cm³/mol. The summed E-state index contributed by atoms with van der Waals surface area (Å²) in [7, 11) is 0. The molecule has 0 aromatic carbocycles. The molecule has 154 valence electrons. The van der Waals surface area contributed by atoms with Crippen molar-refractivity contribution >= 4 is 51.2 Å². The first-order chi connectivity index (χ1) is 14.5. The van der Waals surface area contributed by atoms with Crippen LogP contribution in [0.4, 0.5) is 5.82 Å². The van der Waals surface area contributed by atoms with Crippen molar-refractivity contribution in [2.75, 3.05) is 18.0 Å². The number of nitrogens with two attached hydrogens (primary N) is 1. The van der Waals surface area contributed by atoms with Crippen molar-refractivity contribution in [2.45, 2.75) is 35.9 Å². The zero-order valence-electron chi connectivity index (χ0n) is 16.3. The van der Waals surface area contributed by atoms with Gasteiger partial charge in [0.2, 0.25) is 6.20 Å². The minimum absolute atomic E-state index is 0.124. The minimum atomic E-state index is 0.124. The molecule has 1 saturated heterocycles. The van der Waals surface area contributed by atoms with Gasteiger partial charge in [0.05, 0.1) is 10.4 Å². The van der Waals surface area contributed by atoms with Crippen LogP contribution in [0.3, 0.4) is 0 Å². The second-order valence-electron chi connectivity index (χ2n) is 7.35. The Morgan fingerprint density at radius 1 is 1.43 bits per heavy atom. The van der Waals surface area contributed by atoms with E-state index in [-0.39, 0.29) is 6.04 Å². The van der Waals surface area contributed by atoms with Gasteiger partial charge in [-0.2, -0.15) is 0 Å². The molecule has 1 fully saturated rings. The Morgan fingerprint density at radius 2 is 2.30 bits per heavy atom. The number of aryl methyl sites for hydroxylation is 1. The number of pyridine rings is 2. The molecule has 0 radical (unpaired) electrons. The fourth-order valence-electron chi connectivity index (χ4n) is 3.78. The lowest BCUT2D eigenvalue weighted by molar-refractivity contribution is -0.884. The van der Waals surface area contributed by atoms with Crippen molar-refractivity contribution in [3.63, 3.8) is 0 Å². The van der Waals surface area contributed by atoms with Crippen molar-refractivity contribution in [2.24, 2.45) is 5.73 Å². The molecule has 10 heteroatoms. The van der Waals surface area contributed by atoms with Crippen LogP contribution in [0, 0.1) is 0 Å². The van der Waals surface area contributed by atoms with Crippen LogP contribution in [0.15, 0.2) is 40.6 Å². The van der Waals surface area contributed by atoms with Crippen LogP contribution in [0.25, 0.3) is 22.1 Å². The van der Waals surface area contributed by atoms with Crippen molar-refractivity contribution in [3.8, 4) is 0 Å². The minimum Gasteiger partial charge on any atom is -0.354 e. The maximum atomic E-state index is 10.1. The molecule has 1 aliphatic rings. The molecular formula is C20H21ClN7OS+. The van der Waals surface area contributed by atoms with Crippen molar-refractivity contribution in [1.29, 1.82) is 0 Å². The lowest BCUT2D eigenvalue weighted by Gasteiger charge is -2.18. The number of rotatable bonds is 4. The molecule has 1 atom stereocenters. The third-order valence-electron chi connectivity index (χ3n) is 5.31. The van der Waals surface area contributed by atoms with Gasteiger partial charge in [-0.25, -0.2) is 15.0 Å². The van der Waals surface area contributed by atoms with E-state index >= 15 is 0 Å². The summed E-state index contributed by atoms with van der Waals surface area (Å²) in [6.45, 7) is 3.62. The summed E-state index contributed by atoms with van der Waals surface area (Å²) < 4.78 is 1.06. The smallest absolute Gasteiger partial charge is 0.283 e. The van der Waals surface area contributed by atoms with Crippen LogP contribution >= 0.6 is 23.4 Å². The highest BCUT2D eigenvalue weighted by Gasteiger charge is 2.26. The largest absolute Gasteiger partial charge is 0.354 e. The molecule has 0 aliphatic carbocycles. The lowest BCUT2D eigenvalue weighted by Crippen LogP contribution is -2.29. The molecular weight excluding hydrogens is 422 g/mol. The number of halogens is 1. The number of H-pyrrole nitrogens is 1. The van der Waals surface area contributed by atoms with Gasteiger partial charge in [-0.1, -0.05) is 18.5 Å². The van der Waals surface area contributed by atoms with E-state index in [1.54, 1.807) is 18.5 Å². The topological polar surface area (TPSA) is 108 Å². The Balaban J connectivity index is 1.60. The SMILES string of the molecule is CCc1[nH]c2nc(Sc3cnc4ccc[n+](O)c4c3)nc(N3CC[C@@H](N)C3)c2c1Cl. The fourth-order valence-corrected chi connectivity index (χ4v) is 4.89. The number of aromatic nitrogens is 5. The summed E-state index contributed by atoms with van der Waals surface area (Å²) in [5.74, 6) is 0.808. The van der Waals surface area contributed by atoms with Crippen LogP contribution in [0.2, 0.25) is 5.02 Å². The van der Waals surface area contributed by atoms with Gasteiger partial charge in [-0.15, -0.1) is 0 Å². The third-order valence-corrected chi connectivity index (χ3v) is 6.55. The summed E-state index contributed by atoms with van der Waals surface area (Å²) in [5, 5.41) is 12.2. The van der Waals surface area contributed by atoms with Crippen LogP contribution < -0.4 is 15.4 Å². The van der Waals surface area contributed by atoms with Gasteiger partial charge in [0.1, 0.15) is 17.0 Å². The summed E-state index contributed by atoms with van der Waals surface area (Å²) in [6.07, 6.45) is 5.03. The van der Waals surface area contributed by atoms with Gasteiger partial charge in [0.15, 0.2) is 5.16 Å². The molecule has 5 heterocycles. The number of nitrogens with zero attached hydrogens (tertiary/aromatic N) is 5. The molecule has 0 saturated carbocycles. The molecule has 4 N–H and O–H groups in total. The maximum Gasteiger partial charge on any atom is 0.283 e. The molecule has 30 heavy (non-hydrogen) atoms. The van der Waals surface area contributed by atoms with E-state index in [4.69, 9.17) is 27.3 Å². The summed E-state index contributed by atoms with van der Waals surface area (Å²) >= 11 is 8.05. The standard InChI is InChI=1S/C20H21ClN7OS/c1-2-13-17(21)16-18(24-13)25-20(26-19(16)27-7-5-11(22)10-27)30-12-8-15-14(23-9-12)4-3-6-28(15)29/h3-4,6,8-9,11,29H,2,5,7,10,22H2,1H3,(H,24,25,26)/q+1/t11-/m1/s1. The second-order valence-corrected chi connectivity index (χ2v) is 8.77. The average molecular weight is 443 g/mol. The zero-order valence-corrected chi connectivity index (χ0v) is 17.9. The Bertz CT molecular complexity index is 1260. The van der Waals surface area contributed by atoms with E-state index in [1.807, 2.05) is 12.1 Å². The second kappa shape index (κ2) is 7.57. The van der Waals surface area contributed by atoms with E-state index in [0.717, 1.165) is 58.1 Å². The molecule has 0 bridgehead atoms. The summed E-state index contributed by atoms with van der Waals surface area (Å²) in [4.78, 5) is 20.3. The van der Waals surface area contributed by atoms with Crippen LogP contribution in [-0.4, -0.2) is 44.3 Å². The van der Waals surface area contributed by atoms with Gasteiger partial charge in [0.25, 0.3) is 5.52 Å². The number of hydrogen-bond donors (Lipinski definition) is 3. The number of fused-ring (bicyclic) bond motifs is 2. The highest BCUT2D eigenvalue weighted by atomic mass is 35.5. The van der Waals surface area contributed by atoms with Gasteiger partial charge in [-0.3, -0.25) is 5.21 Å². The maximum absolute atomic E-state index is 10.1. The van der Waals surface area contributed by atoms with Crippen molar-refractivity contribution < 1.29 is 9.94 Å². The fraction of sp³-hybridized carbons (Fsp3) is 0.300. The molecule has 4 aromatic rings. The Morgan fingerprint density at radius 3 is 3.07 bits per heavy atom. The van der Waals surface area contributed by atoms with Crippen LogP contribution in [-0.2, 0) is 6.42 Å². The number of aromatic amines is 1. The average Bonchev–Trinajstić information content (AvgIpc) is 3.31. The first-order valence-corrected chi connectivity index (χ1v) is 11.0. The van der Waals surface area contributed by atoms with Gasteiger partial charge in [-0.05, 0) is 30.7 Å². The normalized spacial score (nSPS) is 16.8. The van der Waals surface area contributed by atoms with Crippen LogP contribution in [0.5, 0.6) is 0 Å². The Labute approximate surface area is 182 Å². The summed E-state index contributed by atoms with van der Waals surface area (Å²) in [5.41, 5.74) is 9.12. The monoisotopic (exact) mass is 442 g/mol. The lowest BCUT2D eigenvalue weighted by atomic mass is 10.3. The Hall–Kier alpha value is -2.62. The molecule has 0 amide bonds. The van der Waals surface area contributed by atoms with Crippen molar-refractivity contribution in [1.82, 2.24) is 19.9 Å². The number of anilines is 1. The number of hydrogen-bond acceptors (Lipinski definition) is 7. The summed E-state index contributed by atoms with van der Waals surface area (Å²) in [6, 6.07) is 5.58. The highest BCUT2D eigenvalue weighted by molar-refractivity contribution is 7.99. The van der Waals surface area contributed by atoms with Crippen LogP contribution in [0.1, 0.15) is 19.0 Å². The van der Waals surface area contributed by atoms with Gasteiger partial charge < -0.3 is 15.6 Å². The third kappa shape index (κ3) is 3.32. The molecule has 0 unspecified atom stereocenters. The van der Waals surface area contributed by atoms with Gasteiger partial charge >= 0.3 is 0 Å². The molecule has 1 aliphatic heterocycles. The first-order valence-electron chi connectivity index (χ1n) is 9.79. The number of nitrogens with one attached hydrogen (secondary N) is 1. The van der Waals surface area contributed by atoms with E-state index in [2.05, 4.69) is 21.8 Å². The zero-order chi connectivity index (χ0) is 20.8. The van der Waals surface area contributed by atoms with E-state index in [9.17, 15) is 5.21 Å².